The highest BCUT2D eigenvalue weighted by molar-refractivity contribution is 7.60. The van der Waals surface area contributed by atoms with Crippen molar-refractivity contribution in [3.8, 4) is 0 Å². The van der Waals surface area contributed by atoms with Crippen molar-refractivity contribution in [2.45, 2.75) is 244 Å². The van der Waals surface area contributed by atoms with Crippen molar-refractivity contribution < 1.29 is 0 Å². The Morgan fingerprint density at radius 3 is 0.590 bits per heavy atom. The average molecular weight is 568 g/mol. The van der Waals surface area contributed by atoms with Crippen molar-refractivity contribution in [2.24, 2.45) is 0 Å². The molecule has 0 radical (unpaired) electrons. The highest BCUT2D eigenvalue weighted by Crippen LogP contribution is 2.30. The Hall–Kier alpha value is 0.350. The number of hydrogen-bond acceptors (Lipinski definition) is 0. The van der Waals surface area contributed by atoms with E-state index in [0.29, 0.717) is 4.75 Å². The van der Waals surface area contributed by atoms with Gasteiger partial charge >= 0.3 is 0 Å². The first-order valence-electron chi connectivity index (χ1n) is 18.9. The lowest BCUT2D eigenvalue weighted by atomic mass is 9.88. The zero-order chi connectivity index (χ0) is 28.5. The Morgan fingerprint density at radius 2 is 0.410 bits per heavy atom. The van der Waals surface area contributed by atoms with Gasteiger partial charge in [0.15, 0.2) is 0 Å². The summed E-state index contributed by atoms with van der Waals surface area (Å²) in [5.41, 5.74) is 0. The summed E-state index contributed by atoms with van der Waals surface area (Å²) in [5, 5.41) is 0. The average Bonchev–Trinajstić information content (AvgIpc) is 2.94. The van der Waals surface area contributed by atoms with Crippen LogP contribution in [0.5, 0.6) is 0 Å². The zero-order valence-electron chi connectivity index (χ0n) is 28.0. The molecule has 0 atom stereocenters. The largest absolute Gasteiger partial charge is 0.123 e. The second-order valence-electron chi connectivity index (χ2n) is 13.4. The molecule has 0 aromatic carbocycles. The summed E-state index contributed by atoms with van der Waals surface area (Å²) in [5.74, 6) is 0. The maximum atomic E-state index is 4.41. The van der Waals surface area contributed by atoms with Gasteiger partial charge in [-0.2, -0.15) is 0 Å². The van der Waals surface area contributed by atoms with Gasteiger partial charge in [-0.3, -0.25) is 0 Å². The number of hydrogen-bond donors (Lipinski definition) is 0. The summed E-state index contributed by atoms with van der Waals surface area (Å²) in [6.07, 6.45) is 49.2. The van der Waals surface area contributed by atoms with Gasteiger partial charge in [0, 0.05) is 0 Å². The van der Waals surface area contributed by atoms with E-state index in [1.54, 1.807) is 0 Å². The SMILES string of the molecule is CCCCCCCCCCCCCC([SH2+])(CCCCCCCCCCCC)CCCCCCCCCCCC. The zero-order valence-corrected chi connectivity index (χ0v) is 29.0. The van der Waals surface area contributed by atoms with Crippen molar-refractivity contribution >= 4 is 12.6 Å². The van der Waals surface area contributed by atoms with Crippen LogP contribution in [0.4, 0.5) is 0 Å². The molecule has 0 aliphatic heterocycles. The lowest BCUT2D eigenvalue weighted by Crippen LogP contribution is -2.26. The van der Waals surface area contributed by atoms with Crippen LogP contribution in [0.1, 0.15) is 239 Å². The molecule has 0 aliphatic rings. The molecule has 0 saturated heterocycles. The van der Waals surface area contributed by atoms with Crippen molar-refractivity contribution in [2.75, 3.05) is 0 Å². The fourth-order valence-corrected chi connectivity index (χ4v) is 6.93. The number of unbranched alkanes of at least 4 members (excludes halogenated alkanes) is 28. The standard InChI is InChI=1S/C38H78S/c1-4-7-10-13-16-19-22-25-28-31-34-37-38(39,35-32-29-26-23-20-17-14-11-8-5-2)36-33-30-27-24-21-18-15-12-9-6-3/h39H,4-37H2,1-3H3/p+1. The van der Waals surface area contributed by atoms with Crippen LogP contribution >= 0.6 is 0 Å². The third-order valence-electron chi connectivity index (χ3n) is 9.28. The minimum Gasteiger partial charge on any atom is -0.0654 e. The fraction of sp³-hybridized carbons (Fsp3) is 1.00. The van der Waals surface area contributed by atoms with Crippen LogP contribution in [0.25, 0.3) is 0 Å². The molecule has 0 amide bonds. The van der Waals surface area contributed by atoms with E-state index < -0.39 is 0 Å². The minimum atomic E-state index is 0.430. The van der Waals surface area contributed by atoms with Crippen LogP contribution in [-0.4, -0.2) is 4.75 Å². The summed E-state index contributed by atoms with van der Waals surface area (Å²) in [6, 6.07) is 0. The van der Waals surface area contributed by atoms with E-state index in [0.717, 1.165) is 0 Å². The maximum absolute atomic E-state index is 4.41. The molecule has 0 fully saturated rings. The molecule has 0 bridgehead atoms. The smallest absolute Gasteiger partial charge is 0.0654 e. The summed E-state index contributed by atoms with van der Waals surface area (Å²) < 4.78 is 0.430. The van der Waals surface area contributed by atoms with Crippen molar-refractivity contribution in [3.05, 3.63) is 0 Å². The third-order valence-corrected chi connectivity index (χ3v) is 10.0. The Bertz CT molecular complexity index is 406. The summed E-state index contributed by atoms with van der Waals surface area (Å²) in [7, 11) is 0. The van der Waals surface area contributed by atoms with E-state index in [9.17, 15) is 0 Å². The highest BCUT2D eigenvalue weighted by atomic mass is 32.1. The number of rotatable bonds is 34. The van der Waals surface area contributed by atoms with E-state index in [4.69, 9.17) is 0 Å². The molecule has 0 aromatic heterocycles. The van der Waals surface area contributed by atoms with Crippen molar-refractivity contribution in [3.63, 3.8) is 0 Å². The molecule has 0 saturated carbocycles. The van der Waals surface area contributed by atoms with Crippen LogP contribution in [0.2, 0.25) is 0 Å². The maximum Gasteiger partial charge on any atom is 0.123 e. The molecule has 0 aliphatic carbocycles. The first-order chi connectivity index (χ1) is 19.2. The molecular weight excluding hydrogens is 488 g/mol. The summed E-state index contributed by atoms with van der Waals surface area (Å²) in [6.45, 7) is 6.95. The lowest BCUT2D eigenvalue weighted by Gasteiger charge is -2.23. The Balaban J connectivity index is 4.05. The predicted molar refractivity (Wildman–Crippen MR) is 187 cm³/mol. The van der Waals surface area contributed by atoms with Gasteiger partial charge in [-0.05, 0) is 51.2 Å². The Labute approximate surface area is 255 Å². The molecule has 1 heteroatoms. The van der Waals surface area contributed by atoms with Crippen LogP contribution in [0.15, 0.2) is 0 Å². The van der Waals surface area contributed by atoms with Crippen LogP contribution < -0.4 is 0 Å². The van der Waals surface area contributed by atoms with E-state index in [1.807, 2.05) is 0 Å². The van der Waals surface area contributed by atoms with E-state index in [2.05, 4.69) is 33.4 Å². The van der Waals surface area contributed by atoms with E-state index in [1.165, 1.54) is 218 Å². The van der Waals surface area contributed by atoms with Gasteiger partial charge < -0.3 is 0 Å². The van der Waals surface area contributed by atoms with E-state index in [-0.39, 0.29) is 0 Å². The summed E-state index contributed by atoms with van der Waals surface area (Å²) in [4.78, 5) is 0. The van der Waals surface area contributed by atoms with Gasteiger partial charge in [-0.1, -0.05) is 201 Å². The molecule has 0 spiro atoms. The van der Waals surface area contributed by atoms with Gasteiger partial charge in [0.05, 0.1) is 0 Å². The van der Waals surface area contributed by atoms with Gasteiger partial charge in [0.2, 0.25) is 0 Å². The van der Waals surface area contributed by atoms with Crippen LogP contribution in [0, 0.1) is 0 Å². The predicted octanol–water partition coefficient (Wildman–Crippen LogP) is 14.1. The van der Waals surface area contributed by atoms with Crippen LogP contribution in [-0.2, 0) is 12.6 Å². The van der Waals surface area contributed by atoms with Gasteiger partial charge in [-0.25, -0.2) is 0 Å². The second kappa shape index (κ2) is 32.9. The topological polar surface area (TPSA) is 0 Å². The van der Waals surface area contributed by atoms with Gasteiger partial charge in [-0.15, -0.1) is 0 Å². The van der Waals surface area contributed by atoms with E-state index >= 15 is 0 Å². The molecule has 0 rings (SSSR count). The minimum absolute atomic E-state index is 0.430. The second-order valence-corrected chi connectivity index (χ2v) is 14.5. The Kier molecular flexibility index (Phi) is 33.2. The third kappa shape index (κ3) is 31.1. The molecule has 0 N–H and O–H groups in total. The lowest BCUT2D eigenvalue weighted by molar-refractivity contribution is 0.403. The first kappa shape index (κ1) is 39.4. The summed E-state index contributed by atoms with van der Waals surface area (Å²) >= 11 is 4.41. The van der Waals surface area contributed by atoms with Gasteiger partial charge in [0.25, 0.3) is 0 Å². The van der Waals surface area contributed by atoms with Gasteiger partial charge in [0.1, 0.15) is 4.75 Å². The fourth-order valence-electron chi connectivity index (χ4n) is 6.40. The molecular formula is C38H79S+. The van der Waals surface area contributed by atoms with Crippen molar-refractivity contribution in [1.82, 2.24) is 0 Å². The monoisotopic (exact) mass is 568 g/mol. The van der Waals surface area contributed by atoms with Crippen molar-refractivity contribution in [1.29, 1.82) is 0 Å². The molecule has 39 heavy (non-hydrogen) atoms. The Morgan fingerprint density at radius 1 is 0.256 bits per heavy atom. The molecule has 0 aromatic rings. The molecule has 236 valence electrons. The molecule has 0 unspecified atom stereocenters. The quantitative estimate of drug-likeness (QED) is 0.0535. The van der Waals surface area contributed by atoms with Crippen LogP contribution in [0.3, 0.4) is 0 Å². The molecule has 0 heterocycles. The first-order valence-corrected chi connectivity index (χ1v) is 19.4. The normalized spacial score (nSPS) is 12.0. The molecule has 0 nitrogen and oxygen atoms in total. The highest BCUT2D eigenvalue weighted by Gasteiger charge is 2.30.